The van der Waals surface area contributed by atoms with E-state index in [0.717, 1.165) is 18.4 Å². The van der Waals surface area contributed by atoms with Gasteiger partial charge in [0.25, 0.3) is 5.91 Å². The fourth-order valence-corrected chi connectivity index (χ4v) is 2.96. The predicted octanol–water partition coefficient (Wildman–Crippen LogP) is 2.20. The highest BCUT2D eigenvalue weighted by molar-refractivity contribution is 7.89. The molecule has 1 aromatic rings. The van der Waals surface area contributed by atoms with E-state index in [4.69, 9.17) is 5.14 Å². The van der Waals surface area contributed by atoms with Crippen molar-refractivity contribution in [1.29, 1.82) is 0 Å². The van der Waals surface area contributed by atoms with Crippen LogP contribution in [0.15, 0.2) is 23.1 Å². The molecule has 1 rings (SSSR count). The van der Waals surface area contributed by atoms with Gasteiger partial charge >= 0.3 is 0 Å². The van der Waals surface area contributed by atoms with Crippen LogP contribution in [0.25, 0.3) is 0 Å². The Bertz CT molecular complexity index is 607. The number of hydrogen-bond donors (Lipinski definition) is 2. The Kier molecular flexibility index (Phi) is 5.92. The Morgan fingerprint density at radius 2 is 1.86 bits per heavy atom. The van der Waals surface area contributed by atoms with Crippen LogP contribution in [0.4, 0.5) is 0 Å². The highest BCUT2D eigenvalue weighted by Gasteiger charge is 2.19. The van der Waals surface area contributed by atoms with E-state index in [2.05, 4.69) is 19.2 Å². The summed E-state index contributed by atoms with van der Waals surface area (Å²) in [5.74, 6) is 0.132. The summed E-state index contributed by atoms with van der Waals surface area (Å²) < 4.78 is 22.8. The average molecular weight is 312 g/mol. The normalized spacial score (nSPS) is 13.2. The lowest BCUT2D eigenvalue weighted by Crippen LogP contribution is -2.38. The van der Waals surface area contributed by atoms with Gasteiger partial charge < -0.3 is 5.32 Å². The standard InChI is InChI=1S/C15H24N2O3S/c1-5-12(6-2)11(4)17-15(18)14-9-13(21(16,19)20)8-7-10(14)3/h7-9,11-12H,5-6H2,1-4H3,(H,17,18)(H2,16,19,20). The molecule has 0 aromatic heterocycles. The van der Waals surface area contributed by atoms with Crippen LogP contribution >= 0.6 is 0 Å². The monoisotopic (exact) mass is 312 g/mol. The summed E-state index contributed by atoms with van der Waals surface area (Å²) in [4.78, 5) is 12.3. The summed E-state index contributed by atoms with van der Waals surface area (Å²) in [5, 5.41) is 8.05. The van der Waals surface area contributed by atoms with E-state index in [1.165, 1.54) is 12.1 Å². The molecule has 0 bridgehead atoms. The van der Waals surface area contributed by atoms with Crippen LogP contribution < -0.4 is 10.5 Å². The van der Waals surface area contributed by atoms with Crippen molar-refractivity contribution in [2.75, 3.05) is 0 Å². The minimum Gasteiger partial charge on any atom is -0.349 e. The summed E-state index contributed by atoms with van der Waals surface area (Å²) in [6.45, 7) is 7.91. The van der Waals surface area contributed by atoms with Crippen LogP contribution in [-0.4, -0.2) is 20.4 Å². The second-order valence-corrected chi connectivity index (χ2v) is 6.92. The number of sulfonamides is 1. The molecule has 0 spiro atoms. The number of carbonyl (C=O) groups is 1. The van der Waals surface area contributed by atoms with Gasteiger partial charge in [-0.05, 0) is 37.5 Å². The molecule has 1 amide bonds. The van der Waals surface area contributed by atoms with E-state index < -0.39 is 10.0 Å². The molecule has 0 saturated carbocycles. The van der Waals surface area contributed by atoms with Crippen LogP contribution in [0.1, 0.15) is 49.5 Å². The Labute approximate surface area is 127 Å². The molecule has 0 aliphatic rings. The molecule has 3 N–H and O–H groups in total. The highest BCUT2D eigenvalue weighted by Crippen LogP contribution is 2.17. The molecule has 1 aromatic carbocycles. The number of carbonyl (C=O) groups excluding carboxylic acids is 1. The van der Waals surface area contributed by atoms with E-state index in [0.29, 0.717) is 11.5 Å². The molecule has 0 aliphatic heterocycles. The third-order valence-electron chi connectivity index (χ3n) is 3.90. The van der Waals surface area contributed by atoms with E-state index in [-0.39, 0.29) is 16.8 Å². The van der Waals surface area contributed by atoms with Gasteiger partial charge in [0.05, 0.1) is 4.90 Å². The van der Waals surface area contributed by atoms with Crippen molar-refractivity contribution in [3.05, 3.63) is 29.3 Å². The Morgan fingerprint density at radius 1 is 1.29 bits per heavy atom. The number of primary sulfonamides is 1. The van der Waals surface area contributed by atoms with Crippen LogP contribution in [0, 0.1) is 12.8 Å². The topological polar surface area (TPSA) is 89.3 Å². The third kappa shape index (κ3) is 4.54. The maximum Gasteiger partial charge on any atom is 0.251 e. The zero-order chi connectivity index (χ0) is 16.2. The van der Waals surface area contributed by atoms with E-state index in [1.807, 2.05) is 6.92 Å². The van der Waals surface area contributed by atoms with Crippen molar-refractivity contribution in [3.8, 4) is 0 Å². The zero-order valence-electron chi connectivity index (χ0n) is 13.0. The Morgan fingerprint density at radius 3 is 2.33 bits per heavy atom. The number of amides is 1. The minimum atomic E-state index is -3.81. The molecule has 21 heavy (non-hydrogen) atoms. The van der Waals surface area contributed by atoms with Gasteiger partial charge in [-0.2, -0.15) is 0 Å². The van der Waals surface area contributed by atoms with Gasteiger partial charge in [0.1, 0.15) is 0 Å². The number of hydrogen-bond acceptors (Lipinski definition) is 3. The number of nitrogens with one attached hydrogen (secondary N) is 1. The maximum absolute atomic E-state index is 12.3. The largest absolute Gasteiger partial charge is 0.349 e. The van der Waals surface area contributed by atoms with Gasteiger partial charge in [-0.3, -0.25) is 4.79 Å². The van der Waals surface area contributed by atoms with E-state index >= 15 is 0 Å². The van der Waals surface area contributed by atoms with Crippen molar-refractivity contribution >= 4 is 15.9 Å². The second-order valence-electron chi connectivity index (χ2n) is 5.36. The van der Waals surface area contributed by atoms with Crippen LogP contribution in [0.5, 0.6) is 0 Å². The zero-order valence-corrected chi connectivity index (χ0v) is 13.8. The molecule has 5 nitrogen and oxygen atoms in total. The molecule has 0 heterocycles. The van der Waals surface area contributed by atoms with Crippen molar-refractivity contribution in [1.82, 2.24) is 5.32 Å². The predicted molar refractivity (Wildman–Crippen MR) is 83.6 cm³/mol. The molecule has 6 heteroatoms. The van der Waals surface area contributed by atoms with Gasteiger partial charge in [0.2, 0.25) is 10.0 Å². The molecule has 118 valence electrons. The summed E-state index contributed by atoms with van der Waals surface area (Å²) >= 11 is 0. The summed E-state index contributed by atoms with van der Waals surface area (Å²) in [6, 6.07) is 4.37. The van der Waals surface area contributed by atoms with Gasteiger partial charge in [0.15, 0.2) is 0 Å². The summed E-state index contributed by atoms with van der Waals surface area (Å²) in [5.41, 5.74) is 1.07. The van der Waals surface area contributed by atoms with E-state index in [9.17, 15) is 13.2 Å². The summed E-state index contributed by atoms with van der Waals surface area (Å²) in [6.07, 6.45) is 1.96. The van der Waals surface area contributed by atoms with Crippen molar-refractivity contribution in [2.45, 2.75) is 51.5 Å². The second kappa shape index (κ2) is 7.04. The lowest BCUT2D eigenvalue weighted by atomic mass is 9.95. The molecular weight excluding hydrogens is 288 g/mol. The molecule has 1 atom stereocenters. The smallest absolute Gasteiger partial charge is 0.251 e. The molecule has 1 unspecified atom stereocenters. The quantitative estimate of drug-likeness (QED) is 0.844. The first-order chi connectivity index (χ1) is 9.70. The third-order valence-corrected chi connectivity index (χ3v) is 4.81. The number of rotatable bonds is 6. The van der Waals surface area contributed by atoms with Gasteiger partial charge in [-0.1, -0.05) is 32.8 Å². The highest BCUT2D eigenvalue weighted by atomic mass is 32.2. The van der Waals surface area contributed by atoms with Crippen LogP contribution in [0.3, 0.4) is 0 Å². The average Bonchev–Trinajstić information content (AvgIpc) is 2.39. The fraction of sp³-hybridized carbons (Fsp3) is 0.533. The number of nitrogens with two attached hydrogens (primary N) is 1. The molecule has 0 radical (unpaired) electrons. The molecule has 0 saturated heterocycles. The number of benzene rings is 1. The first-order valence-corrected chi connectivity index (χ1v) is 8.69. The lowest BCUT2D eigenvalue weighted by molar-refractivity contribution is 0.0924. The van der Waals surface area contributed by atoms with Gasteiger partial charge in [-0.25, -0.2) is 13.6 Å². The first kappa shape index (κ1) is 17.7. The van der Waals surface area contributed by atoms with E-state index in [1.54, 1.807) is 13.0 Å². The molecular formula is C15H24N2O3S. The van der Waals surface area contributed by atoms with Gasteiger partial charge in [0, 0.05) is 11.6 Å². The Balaban J connectivity index is 3.02. The van der Waals surface area contributed by atoms with Crippen LogP contribution in [0.2, 0.25) is 0 Å². The maximum atomic E-state index is 12.3. The fourth-order valence-electron chi connectivity index (χ4n) is 2.42. The first-order valence-electron chi connectivity index (χ1n) is 7.15. The number of aryl methyl sites for hydroxylation is 1. The van der Waals surface area contributed by atoms with Gasteiger partial charge in [-0.15, -0.1) is 0 Å². The van der Waals surface area contributed by atoms with Crippen molar-refractivity contribution in [2.24, 2.45) is 11.1 Å². The summed E-state index contributed by atoms with van der Waals surface area (Å²) in [7, 11) is -3.81. The van der Waals surface area contributed by atoms with Crippen molar-refractivity contribution in [3.63, 3.8) is 0 Å². The lowest BCUT2D eigenvalue weighted by Gasteiger charge is -2.23. The molecule has 0 aliphatic carbocycles. The van der Waals surface area contributed by atoms with Crippen LogP contribution in [-0.2, 0) is 10.0 Å². The SMILES string of the molecule is CCC(CC)C(C)NC(=O)c1cc(S(N)(=O)=O)ccc1C. The van der Waals surface area contributed by atoms with Crippen molar-refractivity contribution < 1.29 is 13.2 Å². The Hall–Kier alpha value is -1.40. The molecule has 0 fully saturated rings. The minimum absolute atomic E-state index is 0.0324.